The van der Waals surface area contributed by atoms with E-state index < -0.39 is 0 Å². The van der Waals surface area contributed by atoms with Gasteiger partial charge in [0.15, 0.2) is 0 Å². The normalized spacial score (nSPS) is 15.2. The van der Waals surface area contributed by atoms with Crippen molar-refractivity contribution in [2.24, 2.45) is 0 Å². The van der Waals surface area contributed by atoms with E-state index in [0.717, 1.165) is 19.4 Å². The molecule has 108 valence electrons. The number of nitrogen functional groups attached to an aromatic ring is 1. The number of nitrogens with two attached hydrogens (primary N) is 1. The molecule has 2 rings (SSSR count). The molecule has 5 heteroatoms. The van der Waals surface area contributed by atoms with Crippen molar-refractivity contribution in [2.75, 3.05) is 24.1 Å². The van der Waals surface area contributed by atoms with Crippen LogP contribution in [0, 0.1) is 0 Å². The number of carbonyl (C=O) groups is 2. The number of para-hydroxylation sites is 2. The third kappa shape index (κ3) is 3.98. The second-order valence-corrected chi connectivity index (χ2v) is 5.08. The first-order chi connectivity index (χ1) is 9.66. The lowest BCUT2D eigenvalue weighted by atomic mass is 10.1. The molecular weight excluding hydrogens is 254 g/mol. The van der Waals surface area contributed by atoms with Gasteiger partial charge in [0.2, 0.25) is 11.8 Å². The molecule has 1 fully saturated rings. The zero-order valence-corrected chi connectivity index (χ0v) is 11.6. The van der Waals surface area contributed by atoms with E-state index in [1.54, 1.807) is 12.1 Å². The second-order valence-electron chi connectivity index (χ2n) is 5.08. The van der Waals surface area contributed by atoms with E-state index in [2.05, 4.69) is 5.32 Å². The van der Waals surface area contributed by atoms with Crippen molar-refractivity contribution in [2.45, 2.75) is 32.1 Å². The standard InChI is InChI=1S/C15H21N3O2/c16-12-6-1-2-7-13(12)17-14(19)8-5-11-18-10-4-3-9-15(18)20/h1-2,6-7H,3-5,8-11,16H2,(H,17,19). The summed E-state index contributed by atoms with van der Waals surface area (Å²) in [5.74, 6) is 0.149. The quantitative estimate of drug-likeness (QED) is 0.807. The Hall–Kier alpha value is -2.04. The molecule has 0 unspecified atom stereocenters. The van der Waals surface area contributed by atoms with Crippen molar-refractivity contribution >= 4 is 23.2 Å². The number of nitrogens with zero attached hydrogens (tertiary/aromatic N) is 1. The Balaban J connectivity index is 1.73. The maximum atomic E-state index is 11.8. The molecule has 0 atom stereocenters. The van der Waals surface area contributed by atoms with E-state index in [0.29, 0.717) is 37.2 Å². The zero-order valence-electron chi connectivity index (χ0n) is 11.6. The maximum absolute atomic E-state index is 11.8. The number of rotatable bonds is 5. The average molecular weight is 275 g/mol. The first-order valence-electron chi connectivity index (χ1n) is 7.09. The number of anilines is 2. The fourth-order valence-corrected chi connectivity index (χ4v) is 2.35. The molecule has 5 nitrogen and oxygen atoms in total. The Bertz CT molecular complexity index is 488. The monoisotopic (exact) mass is 275 g/mol. The first-order valence-corrected chi connectivity index (χ1v) is 7.09. The molecular formula is C15H21N3O2. The van der Waals surface area contributed by atoms with Gasteiger partial charge in [0.05, 0.1) is 11.4 Å². The molecule has 2 amide bonds. The topological polar surface area (TPSA) is 75.4 Å². The van der Waals surface area contributed by atoms with Gasteiger partial charge in [-0.2, -0.15) is 0 Å². The lowest BCUT2D eigenvalue weighted by Crippen LogP contribution is -2.36. The summed E-state index contributed by atoms with van der Waals surface area (Å²) >= 11 is 0. The van der Waals surface area contributed by atoms with Gasteiger partial charge >= 0.3 is 0 Å². The fourth-order valence-electron chi connectivity index (χ4n) is 2.35. The number of piperidine rings is 1. The van der Waals surface area contributed by atoms with Gasteiger partial charge in [-0.1, -0.05) is 12.1 Å². The third-order valence-electron chi connectivity index (χ3n) is 3.49. The van der Waals surface area contributed by atoms with Gasteiger partial charge in [-0.25, -0.2) is 0 Å². The summed E-state index contributed by atoms with van der Waals surface area (Å²) in [6, 6.07) is 7.19. The van der Waals surface area contributed by atoms with Crippen LogP contribution < -0.4 is 11.1 Å². The molecule has 1 aromatic carbocycles. The minimum atomic E-state index is -0.0626. The minimum Gasteiger partial charge on any atom is -0.397 e. The predicted octanol–water partition coefficient (Wildman–Crippen LogP) is 2.00. The highest BCUT2D eigenvalue weighted by Crippen LogP contribution is 2.17. The van der Waals surface area contributed by atoms with E-state index >= 15 is 0 Å². The predicted molar refractivity (Wildman–Crippen MR) is 79.1 cm³/mol. The van der Waals surface area contributed by atoms with Crippen molar-refractivity contribution in [1.29, 1.82) is 0 Å². The molecule has 20 heavy (non-hydrogen) atoms. The van der Waals surface area contributed by atoms with Gasteiger partial charge in [0.1, 0.15) is 0 Å². The molecule has 0 aliphatic carbocycles. The Morgan fingerprint density at radius 3 is 2.85 bits per heavy atom. The van der Waals surface area contributed by atoms with Crippen molar-refractivity contribution in [3.63, 3.8) is 0 Å². The Morgan fingerprint density at radius 2 is 2.10 bits per heavy atom. The lowest BCUT2D eigenvalue weighted by Gasteiger charge is -2.26. The van der Waals surface area contributed by atoms with Crippen molar-refractivity contribution in [1.82, 2.24) is 4.90 Å². The Labute approximate surface area is 119 Å². The van der Waals surface area contributed by atoms with Gasteiger partial charge in [0.25, 0.3) is 0 Å². The second kappa shape index (κ2) is 6.93. The van der Waals surface area contributed by atoms with Gasteiger partial charge in [0, 0.05) is 25.9 Å². The van der Waals surface area contributed by atoms with Crippen LogP contribution in [0.3, 0.4) is 0 Å². The minimum absolute atomic E-state index is 0.0626. The van der Waals surface area contributed by atoms with Crippen molar-refractivity contribution < 1.29 is 9.59 Å². The smallest absolute Gasteiger partial charge is 0.224 e. The summed E-state index contributed by atoms with van der Waals surface area (Å²) in [6.45, 7) is 1.49. The van der Waals surface area contributed by atoms with Gasteiger partial charge in [-0.15, -0.1) is 0 Å². The van der Waals surface area contributed by atoms with Gasteiger partial charge in [-0.3, -0.25) is 9.59 Å². The fraction of sp³-hybridized carbons (Fsp3) is 0.467. The van der Waals surface area contributed by atoms with Crippen LogP contribution in [0.15, 0.2) is 24.3 Å². The number of nitrogens with one attached hydrogen (secondary N) is 1. The Morgan fingerprint density at radius 1 is 1.30 bits per heavy atom. The third-order valence-corrected chi connectivity index (χ3v) is 3.49. The van der Waals surface area contributed by atoms with E-state index in [-0.39, 0.29) is 11.8 Å². The highest BCUT2D eigenvalue weighted by molar-refractivity contribution is 5.93. The number of amides is 2. The number of hydrogen-bond donors (Lipinski definition) is 2. The molecule has 1 heterocycles. The summed E-state index contributed by atoms with van der Waals surface area (Å²) < 4.78 is 0. The summed E-state index contributed by atoms with van der Waals surface area (Å²) in [4.78, 5) is 25.3. The number of benzene rings is 1. The molecule has 1 aliphatic rings. The molecule has 1 saturated heterocycles. The SMILES string of the molecule is Nc1ccccc1NC(=O)CCCN1CCCCC1=O. The van der Waals surface area contributed by atoms with E-state index in [1.165, 1.54) is 0 Å². The number of hydrogen-bond acceptors (Lipinski definition) is 3. The summed E-state index contributed by atoms with van der Waals surface area (Å²) in [6.07, 6.45) is 3.79. The molecule has 1 aromatic rings. The van der Waals surface area contributed by atoms with Crippen LogP contribution in [0.5, 0.6) is 0 Å². The molecule has 3 N–H and O–H groups in total. The van der Waals surface area contributed by atoms with E-state index in [1.807, 2.05) is 17.0 Å². The number of likely N-dealkylation sites (tertiary alicyclic amines) is 1. The van der Waals surface area contributed by atoms with E-state index in [9.17, 15) is 9.59 Å². The zero-order chi connectivity index (χ0) is 14.4. The van der Waals surface area contributed by atoms with Crippen LogP contribution in [-0.2, 0) is 9.59 Å². The molecule has 0 radical (unpaired) electrons. The average Bonchev–Trinajstić information content (AvgIpc) is 2.43. The largest absolute Gasteiger partial charge is 0.397 e. The Kier molecular flexibility index (Phi) is 4.98. The molecule has 1 aliphatic heterocycles. The van der Waals surface area contributed by atoms with Crippen molar-refractivity contribution in [3.05, 3.63) is 24.3 Å². The molecule has 0 bridgehead atoms. The first kappa shape index (κ1) is 14.4. The summed E-state index contributed by atoms with van der Waals surface area (Å²) in [7, 11) is 0. The molecule has 0 saturated carbocycles. The lowest BCUT2D eigenvalue weighted by molar-refractivity contribution is -0.133. The molecule has 0 spiro atoms. The van der Waals surface area contributed by atoms with Crippen LogP contribution in [0.2, 0.25) is 0 Å². The van der Waals surface area contributed by atoms with Crippen LogP contribution in [0.25, 0.3) is 0 Å². The van der Waals surface area contributed by atoms with Gasteiger partial charge in [-0.05, 0) is 31.4 Å². The molecule has 0 aromatic heterocycles. The van der Waals surface area contributed by atoms with E-state index in [4.69, 9.17) is 5.73 Å². The van der Waals surface area contributed by atoms with Crippen LogP contribution in [0.1, 0.15) is 32.1 Å². The summed E-state index contributed by atoms with van der Waals surface area (Å²) in [5, 5.41) is 2.79. The number of carbonyl (C=O) groups excluding carboxylic acids is 2. The van der Waals surface area contributed by atoms with Crippen LogP contribution >= 0.6 is 0 Å². The highest BCUT2D eigenvalue weighted by Gasteiger charge is 2.17. The summed E-state index contributed by atoms with van der Waals surface area (Å²) in [5.41, 5.74) is 6.97. The van der Waals surface area contributed by atoms with Gasteiger partial charge < -0.3 is 16.0 Å². The highest BCUT2D eigenvalue weighted by atomic mass is 16.2. The van der Waals surface area contributed by atoms with Crippen LogP contribution in [0.4, 0.5) is 11.4 Å². The van der Waals surface area contributed by atoms with Crippen molar-refractivity contribution in [3.8, 4) is 0 Å². The van der Waals surface area contributed by atoms with Crippen LogP contribution in [-0.4, -0.2) is 29.8 Å². The maximum Gasteiger partial charge on any atom is 0.224 e.